The number of aromatic nitrogens is 2. The summed E-state index contributed by atoms with van der Waals surface area (Å²) in [4.78, 5) is 0. The van der Waals surface area contributed by atoms with Crippen molar-refractivity contribution in [2.75, 3.05) is 5.32 Å². The molecule has 4 heteroatoms. The van der Waals surface area contributed by atoms with E-state index in [9.17, 15) is 0 Å². The van der Waals surface area contributed by atoms with Crippen molar-refractivity contribution in [3.05, 3.63) is 115 Å². The maximum atomic E-state index is 6.40. The third kappa shape index (κ3) is 2.51. The second-order valence-electron chi connectivity index (χ2n) is 9.04. The van der Waals surface area contributed by atoms with Crippen molar-refractivity contribution in [2.45, 2.75) is 6.35 Å². The molecule has 0 saturated carbocycles. The molecule has 1 atom stereocenters. The smallest absolute Gasteiger partial charge is 0.255 e. The minimum atomic E-state index is -0.318. The zero-order valence-corrected chi connectivity index (χ0v) is 18.8. The van der Waals surface area contributed by atoms with Crippen LogP contribution in [0.3, 0.4) is 0 Å². The summed E-state index contributed by atoms with van der Waals surface area (Å²) in [5.41, 5.74) is 6.89. The van der Waals surface area contributed by atoms with Crippen molar-refractivity contribution in [1.82, 2.24) is 9.13 Å². The molecule has 0 fully saturated rings. The first-order valence-corrected chi connectivity index (χ1v) is 11.9. The predicted molar refractivity (Wildman–Crippen MR) is 144 cm³/mol. The Labute approximate surface area is 201 Å². The summed E-state index contributed by atoms with van der Waals surface area (Å²) in [6.45, 7) is 0. The molecule has 0 aliphatic carbocycles. The number of para-hydroxylation sites is 5. The second kappa shape index (κ2) is 6.90. The first kappa shape index (κ1) is 18.7. The van der Waals surface area contributed by atoms with Gasteiger partial charge in [0.1, 0.15) is 5.75 Å². The fourth-order valence-electron chi connectivity index (χ4n) is 5.72. The fraction of sp³-hybridized carbons (Fsp3) is 0.0323. The number of hydrogen-bond donors (Lipinski definition) is 1. The van der Waals surface area contributed by atoms with Crippen LogP contribution in [0.5, 0.6) is 5.75 Å². The summed E-state index contributed by atoms with van der Waals surface area (Å²) in [6, 6.07) is 40.6. The molecule has 8 rings (SSSR count). The molecule has 5 aromatic carbocycles. The number of nitrogens with one attached hydrogen (secondary N) is 1. The van der Waals surface area contributed by atoms with Crippen LogP contribution >= 0.6 is 0 Å². The van der Waals surface area contributed by atoms with Crippen LogP contribution in [0, 0.1) is 0 Å². The predicted octanol–water partition coefficient (Wildman–Crippen LogP) is 7.85. The van der Waals surface area contributed by atoms with E-state index in [1.165, 1.54) is 32.6 Å². The average molecular weight is 452 g/mol. The Balaban J connectivity index is 1.53. The minimum Gasteiger partial charge on any atom is -0.450 e. The molecular weight excluding hydrogens is 430 g/mol. The molecule has 7 aromatic rings. The summed E-state index contributed by atoms with van der Waals surface area (Å²) >= 11 is 0. The van der Waals surface area contributed by atoms with E-state index in [2.05, 4.69) is 112 Å². The van der Waals surface area contributed by atoms with Crippen LogP contribution in [-0.2, 0) is 0 Å². The lowest BCUT2D eigenvalue weighted by Crippen LogP contribution is -2.18. The van der Waals surface area contributed by atoms with E-state index in [-0.39, 0.29) is 6.35 Å². The van der Waals surface area contributed by atoms with Gasteiger partial charge in [-0.1, -0.05) is 72.8 Å². The van der Waals surface area contributed by atoms with Gasteiger partial charge in [0.2, 0.25) is 0 Å². The Hall–Kier alpha value is -4.70. The molecule has 1 aliphatic heterocycles. The number of benzene rings is 5. The summed E-state index contributed by atoms with van der Waals surface area (Å²) in [5, 5.41) is 8.54. The average Bonchev–Trinajstić information content (AvgIpc) is 3.58. The summed E-state index contributed by atoms with van der Waals surface area (Å²) in [6.07, 6.45) is -0.318. The monoisotopic (exact) mass is 451 g/mol. The van der Waals surface area contributed by atoms with Crippen LogP contribution < -0.4 is 10.1 Å². The molecule has 2 aromatic heterocycles. The van der Waals surface area contributed by atoms with E-state index in [4.69, 9.17) is 4.74 Å². The first-order chi connectivity index (χ1) is 17.4. The first-order valence-electron chi connectivity index (χ1n) is 11.9. The highest BCUT2D eigenvalue weighted by atomic mass is 16.5. The van der Waals surface area contributed by atoms with Crippen molar-refractivity contribution in [2.24, 2.45) is 0 Å². The Morgan fingerprint density at radius 2 is 1.29 bits per heavy atom. The number of anilines is 1. The Morgan fingerprint density at radius 3 is 2.14 bits per heavy atom. The summed E-state index contributed by atoms with van der Waals surface area (Å²) in [5.74, 6) is 0.878. The highest BCUT2D eigenvalue weighted by Gasteiger charge is 2.28. The van der Waals surface area contributed by atoms with Crippen molar-refractivity contribution >= 4 is 49.3 Å². The Morgan fingerprint density at radius 1 is 0.571 bits per heavy atom. The van der Waals surface area contributed by atoms with Crippen molar-refractivity contribution in [3.8, 4) is 11.4 Å². The topological polar surface area (TPSA) is 31.1 Å². The molecule has 0 bridgehead atoms. The molecule has 35 heavy (non-hydrogen) atoms. The minimum absolute atomic E-state index is 0.318. The molecule has 0 saturated heterocycles. The molecule has 1 aliphatic rings. The maximum absolute atomic E-state index is 6.40. The van der Waals surface area contributed by atoms with Gasteiger partial charge in [-0.3, -0.25) is 4.57 Å². The highest BCUT2D eigenvalue weighted by Crippen LogP contribution is 2.44. The number of fused-ring (bicyclic) bond motifs is 8. The SMILES string of the molecule is c1ccc(-n2c3ccccc3c3ccc4c(c5ccccc5n4C4Nc5ccccc5O4)c32)cc1. The number of rotatable bonds is 2. The lowest BCUT2D eigenvalue weighted by atomic mass is 10.1. The third-order valence-electron chi connectivity index (χ3n) is 7.16. The van der Waals surface area contributed by atoms with Gasteiger partial charge in [-0.25, -0.2) is 0 Å². The fourth-order valence-corrected chi connectivity index (χ4v) is 5.72. The van der Waals surface area contributed by atoms with E-state index < -0.39 is 0 Å². The van der Waals surface area contributed by atoms with Gasteiger partial charge in [-0.05, 0) is 42.5 Å². The molecule has 0 amide bonds. The van der Waals surface area contributed by atoms with E-state index >= 15 is 0 Å². The van der Waals surface area contributed by atoms with Gasteiger partial charge in [0, 0.05) is 27.2 Å². The lowest BCUT2D eigenvalue weighted by molar-refractivity contribution is 0.193. The van der Waals surface area contributed by atoms with Crippen LogP contribution in [0.15, 0.2) is 115 Å². The largest absolute Gasteiger partial charge is 0.450 e. The molecule has 4 nitrogen and oxygen atoms in total. The van der Waals surface area contributed by atoms with E-state index in [0.717, 1.165) is 28.2 Å². The maximum Gasteiger partial charge on any atom is 0.255 e. The molecular formula is C31H21N3O. The number of nitrogens with zero attached hydrogens (tertiary/aromatic N) is 2. The van der Waals surface area contributed by atoms with Gasteiger partial charge >= 0.3 is 0 Å². The second-order valence-corrected chi connectivity index (χ2v) is 9.04. The van der Waals surface area contributed by atoms with Crippen LogP contribution in [0.1, 0.15) is 6.35 Å². The zero-order chi connectivity index (χ0) is 22.9. The van der Waals surface area contributed by atoms with Crippen LogP contribution in [0.25, 0.3) is 49.3 Å². The van der Waals surface area contributed by atoms with Gasteiger partial charge in [-0.2, -0.15) is 0 Å². The Kier molecular flexibility index (Phi) is 3.69. The number of ether oxygens (including phenoxy) is 1. The molecule has 166 valence electrons. The van der Waals surface area contributed by atoms with Gasteiger partial charge in [0.25, 0.3) is 6.35 Å². The van der Waals surface area contributed by atoms with Gasteiger partial charge in [0.15, 0.2) is 0 Å². The standard InChI is InChI=1S/C31H21N3O/c1-2-10-20(11-3-1)33-25-15-7-4-12-21(25)22-18-19-27-29(30(22)33)23-13-5-8-16-26(23)34(27)31-32-24-14-6-9-17-28(24)35-31/h1-19,31-32H. The van der Waals surface area contributed by atoms with Crippen LogP contribution in [0.4, 0.5) is 5.69 Å². The highest BCUT2D eigenvalue weighted by molar-refractivity contribution is 6.25. The molecule has 0 radical (unpaired) electrons. The van der Waals surface area contributed by atoms with Crippen molar-refractivity contribution in [1.29, 1.82) is 0 Å². The Bertz CT molecular complexity index is 1890. The van der Waals surface area contributed by atoms with Crippen LogP contribution in [-0.4, -0.2) is 9.13 Å². The molecule has 1 unspecified atom stereocenters. The van der Waals surface area contributed by atoms with Gasteiger partial charge in [0.05, 0.1) is 27.8 Å². The summed E-state index contributed by atoms with van der Waals surface area (Å²) < 4.78 is 11.1. The van der Waals surface area contributed by atoms with E-state index in [1.54, 1.807) is 0 Å². The van der Waals surface area contributed by atoms with Gasteiger partial charge < -0.3 is 14.6 Å². The molecule has 1 N–H and O–H groups in total. The van der Waals surface area contributed by atoms with Crippen molar-refractivity contribution in [3.63, 3.8) is 0 Å². The summed E-state index contributed by atoms with van der Waals surface area (Å²) in [7, 11) is 0. The third-order valence-corrected chi connectivity index (χ3v) is 7.16. The number of hydrogen-bond acceptors (Lipinski definition) is 2. The molecule has 0 spiro atoms. The van der Waals surface area contributed by atoms with E-state index in [1.807, 2.05) is 18.2 Å². The normalized spacial score (nSPS) is 15.0. The lowest BCUT2D eigenvalue weighted by Gasteiger charge is -2.16. The zero-order valence-electron chi connectivity index (χ0n) is 18.8. The molecule has 3 heterocycles. The van der Waals surface area contributed by atoms with Crippen molar-refractivity contribution < 1.29 is 4.74 Å². The quantitative estimate of drug-likeness (QED) is 0.290. The van der Waals surface area contributed by atoms with Crippen LogP contribution in [0.2, 0.25) is 0 Å². The van der Waals surface area contributed by atoms with E-state index in [0.29, 0.717) is 0 Å². The van der Waals surface area contributed by atoms with Gasteiger partial charge in [-0.15, -0.1) is 0 Å².